The van der Waals surface area contributed by atoms with Gasteiger partial charge in [-0.15, -0.1) is 11.3 Å². The molecule has 1 saturated carbocycles. The third-order valence-electron chi connectivity index (χ3n) is 8.69. The Labute approximate surface area is 255 Å². The number of nitrogens with one attached hydrogen (secondary N) is 1. The number of halogens is 6. The molecule has 1 aliphatic carbocycles. The van der Waals surface area contributed by atoms with E-state index < -0.39 is 52.8 Å². The van der Waals surface area contributed by atoms with Crippen molar-refractivity contribution in [3.05, 3.63) is 46.2 Å². The number of hydrogen-bond donors (Lipinski definition) is 1. The molecule has 3 aromatic rings. The Hall–Kier alpha value is -3.63. The highest BCUT2D eigenvalue weighted by molar-refractivity contribution is 7.19. The summed E-state index contributed by atoms with van der Waals surface area (Å²) in [5, 5.41) is 3.20. The number of nitrogens with zero attached hydrogens (tertiary/aromatic N) is 3. The normalized spacial score (nSPS) is 24.7. The van der Waals surface area contributed by atoms with Gasteiger partial charge in [0.15, 0.2) is 0 Å². The summed E-state index contributed by atoms with van der Waals surface area (Å²) in [5.74, 6) is -5.69. The Morgan fingerprint density at radius 1 is 1.18 bits per heavy atom. The number of imide groups is 1. The molecule has 45 heavy (non-hydrogen) atoms. The molecule has 16 heteroatoms. The van der Waals surface area contributed by atoms with Crippen LogP contribution < -0.4 is 5.32 Å². The molecular formula is C29H26F6N4O5S. The number of likely N-dealkylation sites (tertiary alicyclic amines) is 1. The van der Waals surface area contributed by atoms with Crippen LogP contribution >= 0.6 is 11.3 Å². The van der Waals surface area contributed by atoms with Crippen LogP contribution in [0.5, 0.6) is 0 Å². The molecule has 2 amide bonds. The SMILES string of the molecule is Cc1nc(C(F)(F)F)cc(-c2ccnc3cc(CN4C(=O)C5C(C)(C)C5(OC(=O)C(F)(F)F)C4=O)sc23)c1CC1CNCCO1. The number of esters is 1. The number of hydrogen-bond acceptors (Lipinski definition) is 9. The minimum atomic E-state index is -5.36. The van der Waals surface area contributed by atoms with Gasteiger partial charge < -0.3 is 14.8 Å². The molecule has 3 atom stereocenters. The minimum absolute atomic E-state index is 0.185. The van der Waals surface area contributed by atoms with Crippen LogP contribution in [0.4, 0.5) is 26.3 Å². The second-order valence-electron chi connectivity index (χ2n) is 11.8. The minimum Gasteiger partial charge on any atom is -0.441 e. The molecule has 2 saturated heterocycles. The molecule has 9 nitrogen and oxygen atoms in total. The number of fused-ring (bicyclic) bond motifs is 2. The predicted molar refractivity (Wildman–Crippen MR) is 147 cm³/mol. The van der Waals surface area contributed by atoms with Crippen molar-refractivity contribution in [3.8, 4) is 11.1 Å². The Morgan fingerprint density at radius 2 is 1.91 bits per heavy atom. The van der Waals surface area contributed by atoms with Crippen molar-refractivity contribution >= 4 is 39.3 Å². The van der Waals surface area contributed by atoms with E-state index in [0.717, 1.165) is 22.3 Å². The van der Waals surface area contributed by atoms with Crippen LogP contribution in [-0.2, 0) is 43.0 Å². The molecule has 0 radical (unpaired) electrons. The van der Waals surface area contributed by atoms with Gasteiger partial charge in [-0.3, -0.25) is 19.5 Å². The Balaban J connectivity index is 1.36. The first kappa shape index (κ1) is 31.4. The Morgan fingerprint density at radius 3 is 2.56 bits per heavy atom. The standard InChI is InChI=1S/C29H26F6N4O5S/c1-13-17(8-14-11-36-6-7-43-14)18(10-20(38-13)28(30,31)32)16-4-5-37-19-9-15(45-21(16)19)12-39-23(40)22-26(2,3)27(22,24(39)41)44-25(42)29(33,34)35/h4-5,9-10,14,22,36H,6-8,11-12H2,1-3H3. The van der Waals surface area contributed by atoms with E-state index in [1.165, 1.54) is 27.0 Å². The second kappa shape index (κ2) is 10.5. The van der Waals surface area contributed by atoms with Gasteiger partial charge in [-0.1, -0.05) is 13.8 Å². The zero-order chi connectivity index (χ0) is 32.7. The first-order valence-corrected chi connectivity index (χ1v) is 14.7. The zero-order valence-corrected chi connectivity index (χ0v) is 24.9. The van der Waals surface area contributed by atoms with Crippen molar-refractivity contribution in [3.63, 3.8) is 0 Å². The van der Waals surface area contributed by atoms with Crippen LogP contribution in [0.2, 0.25) is 0 Å². The van der Waals surface area contributed by atoms with Gasteiger partial charge in [0.25, 0.3) is 5.91 Å². The van der Waals surface area contributed by atoms with Crippen LogP contribution in [-0.4, -0.2) is 70.2 Å². The summed E-state index contributed by atoms with van der Waals surface area (Å²) >= 11 is 1.08. The summed E-state index contributed by atoms with van der Waals surface area (Å²) in [6, 6.07) is 4.10. The van der Waals surface area contributed by atoms with Crippen molar-refractivity contribution in [2.24, 2.45) is 11.3 Å². The number of carbonyl (C=O) groups excluding carboxylic acids is 3. The van der Waals surface area contributed by atoms with Crippen LogP contribution in [0.3, 0.4) is 0 Å². The van der Waals surface area contributed by atoms with Crippen molar-refractivity contribution in [1.82, 2.24) is 20.2 Å². The molecule has 3 aromatic heterocycles. The lowest BCUT2D eigenvalue weighted by Gasteiger charge is -2.25. The molecule has 5 heterocycles. The topological polar surface area (TPSA) is 111 Å². The lowest BCUT2D eigenvalue weighted by Crippen LogP contribution is -2.45. The van der Waals surface area contributed by atoms with Gasteiger partial charge in [-0.05, 0) is 36.2 Å². The number of alkyl halides is 6. The Bertz CT molecular complexity index is 1730. The highest BCUT2D eigenvalue weighted by Gasteiger charge is 2.88. The van der Waals surface area contributed by atoms with Gasteiger partial charge in [-0.2, -0.15) is 26.3 Å². The predicted octanol–water partition coefficient (Wildman–Crippen LogP) is 4.59. The van der Waals surface area contributed by atoms with Crippen molar-refractivity contribution in [1.29, 1.82) is 0 Å². The van der Waals surface area contributed by atoms with Crippen molar-refractivity contribution in [2.75, 3.05) is 19.7 Å². The maximum atomic E-state index is 13.9. The van der Waals surface area contributed by atoms with E-state index in [2.05, 4.69) is 20.0 Å². The molecule has 3 fully saturated rings. The fraction of sp³-hybridized carbons (Fsp3) is 0.483. The average molecular weight is 657 g/mol. The van der Waals surface area contributed by atoms with E-state index in [0.29, 0.717) is 45.9 Å². The van der Waals surface area contributed by atoms with E-state index in [-0.39, 0.29) is 30.3 Å². The summed E-state index contributed by atoms with van der Waals surface area (Å²) in [5.41, 5.74) is -2.87. The van der Waals surface area contributed by atoms with E-state index in [4.69, 9.17) is 4.74 Å². The molecule has 1 N–H and O–H groups in total. The largest absolute Gasteiger partial charge is 0.490 e. The monoisotopic (exact) mass is 656 g/mol. The number of ether oxygens (including phenoxy) is 2. The second-order valence-corrected chi connectivity index (χ2v) is 12.9. The lowest BCUT2D eigenvalue weighted by atomic mass is 9.94. The maximum Gasteiger partial charge on any atom is 0.490 e. The summed E-state index contributed by atoms with van der Waals surface area (Å²) in [7, 11) is 0. The van der Waals surface area contributed by atoms with Gasteiger partial charge >= 0.3 is 18.3 Å². The summed E-state index contributed by atoms with van der Waals surface area (Å²) in [4.78, 5) is 47.6. The van der Waals surface area contributed by atoms with Crippen LogP contribution in [0, 0.1) is 18.3 Å². The number of pyridine rings is 2. The quantitative estimate of drug-likeness (QED) is 0.233. The zero-order valence-electron chi connectivity index (χ0n) is 24.1. The smallest absolute Gasteiger partial charge is 0.441 e. The molecule has 0 aromatic carbocycles. The number of thiophene rings is 1. The highest BCUT2D eigenvalue weighted by Crippen LogP contribution is 2.69. The number of aromatic nitrogens is 2. The van der Waals surface area contributed by atoms with E-state index in [9.17, 15) is 40.7 Å². The first-order valence-electron chi connectivity index (χ1n) is 13.9. The van der Waals surface area contributed by atoms with Crippen LogP contribution in [0.25, 0.3) is 21.3 Å². The van der Waals surface area contributed by atoms with E-state index in [1.54, 1.807) is 12.1 Å². The lowest BCUT2D eigenvalue weighted by molar-refractivity contribution is -0.209. The third-order valence-corrected chi connectivity index (χ3v) is 9.83. The highest BCUT2D eigenvalue weighted by atomic mass is 32.1. The van der Waals surface area contributed by atoms with Gasteiger partial charge in [0.1, 0.15) is 5.69 Å². The van der Waals surface area contributed by atoms with E-state index >= 15 is 0 Å². The fourth-order valence-corrected chi connectivity index (χ4v) is 7.53. The molecule has 3 aliphatic rings. The Kier molecular flexibility index (Phi) is 7.28. The number of morpholine rings is 1. The summed E-state index contributed by atoms with van der Waals surface area (Å²) in [6.45, 7) is 5.51. The average Bonchev–Trinajstić information content (AvgIpc) is 3.18. The number of piperidine rings is 1. The molecular weight excluding hydrogens is 630 g/mol. The van der Waals surface area contributed by atoms with Gasteiger partial charge in [0, 0.05) is 47.3 Å². The summed E-state index contributed by atoms with van der Waals surface area (Å²) < 4.78 is 91.6. The van der Waals surface area contributed by atoms with Gasteiger partial charge in [0.05, 0.1) is 35.4 Å². The van der Waals surface area contributed by atoms with Crippen molar-refractivity contribution in [2.45, 2.75) is 57.8 Å². The van der Waals surface area contributed by atoms with Crippen LogP contribution in [0.1, 0.15) is 35.7 Å². The van der Waals surface area contributed by atoms with Crippen molar-refractivity contribution < 1.29 is 50.2 Å². The first-order chi connectivity index (χ1) is 21.0. The molecule has 0 bridgehead atoms. The van der Waals surface area contributed by atoms with E-state index in [1.807, 2.05) is 0 Å². The molecule has 240 valence electrons. The van der Waals surface area contributed by atoms with Gasteiger partial charge in [0.2, 0.25) is 11.5 Å². The molecule has 6 rings (SSSR count). The number of aryl methyl sites for hydroxylation is 1. The third kappa shape index (κ3) is 5.06. The number of rotatable bonds is 6. The molecule has 3 unspecified atom stereocenters. The molecule has 0 spiro atoms. The molecule has 2 aliphatic heterocycles. The fourth-order valence-electron chi connectivity index (χ4n) is 6.40. The maximum absolute atomic E-state index is 13.9. The number of amides is 2. The van der Waals surface area contributed by atoms with Gasteiger partial charge in [-0.25, -0.2) is 9.78 Å². The van der Waals surface area contributed by atoms with Crippen LogP contribution in [0.15, 0.2) is 24.4 Å². The summed E-state index contributed by atoms with van der Waals surface area (Å²) in [6.07, 6.45) is -8.67. The number of carbonyl (C=O) groups is 3.